The second-order valence-corrected chi connectivity index (χ2v) is 7.47. The lowest BCUT2D eigenvalue weighted by Crippen LogP contribution is -2.24. The van der Waals surface area contributed by atoms with Crippen LogP contribution in [0.15, 0.2) is 27.4 Å². The lowest BCUT2D eigenvalue weighted by atomic mass is 10.3. The van der Waals surface area contributed by atoms with Crippen LogP contribution in [-0.4, -0.2) is 22.0 Å². The number of thiophene rings is 1. The molecule has 2 aromatic rings. The Morgan fingerprint density at radius 1 is 1.48 bits per heavy atom. The molecule has 0 spiro atoms. The first kappa shape index (κ1) is 15.9. The largest absolute Gasteiger partial charge is 0.476 e. The molecule has 0 aliphatic carbocycles. The van der Waals surface area contributed by atoms with Gasteiger partial charge in [-0.25, -0.2) is 9.78 Å². The molecule has 0 bridgehead atoms. The average Bonchev–Trinajstić information content (AvgIpc) is 3.05. The van der Waals surface area contributed by atoms with Crippen molar-refractivity contribution >= 4 is 56.6 Å². The number of nitrogens with zero attached hydrogens (tertiary/aromatic N) is 1. The van der Waals surface area contributed by atoms with Crippen LogP contribution < -0.4 is 5.32 Å². The zero-order valence-electron chi connectivity index (χ0n) is 10.9. The van der Waals surface area contributed by atoms with Crippen LogP contribution >= 0.6 is 38.6 Å². The highest BCUT2D eigenvalue weighted by Gasteiger charge is 2.14. The molecule has 0 saturated carbocycles. The fourth-order valence-corrected chi connectivity index (χ4v) is 3.61. The number of amides is 1. The summed E-state index contributed by atoms with van der Waals surface area (Å²) in [5, 5.41) is 13.6. The lowest BCUT2D eigenvalue weighted by molar-refractivity contribution is -0.117. The van der Waals surface area contributed by atoms with Crippen LogP contribution in [0.5, 0.6) is 0 Å². The van der Waals surface area contributed by atoms with Gasteiger partial charge >= 0.3 is 5.97 Å². The van der Waals surface area contributed by atoms with Gasteiger partial charge in [0.15, 0.2) is 5.69 Å². The minimum Gasteiger partial charge on any atom is -0.476 e. The molecule has 5 nitrogen and oxygen atoms in total. The molecule has 0 saturated heterocycles. The highest BCUT2D eigenvalue weighted by Crippen LogP contribution is 2.23. The number of thiazole rings is 1. The van der Waals surface area contributed by atoms with Crippen molar-refractivity contribution in [2.45, 2.75) is 13.0 Å². The summed E-state index contributed by atoms with van der Waals surface area (Å²) < 4.78 is 1.000. The highest BCUT2D eigenvalue weighted by molar-refractivity contribution is 9.11. The number of carboxylic acids is 1. The third-order valence-electron chi connectivity index (χ3n) is 2.46. The van der Waals surface area contributed by atoms with Gasteiger partial charge in [0.05, 0.1) is 9.83 Å². The Bertz CT molecular complexity index is 693. The standard InChI is InChI=1S/C13H11BrN2O3S2/c1-7(12-16-9(6-20-12)13(18)19)15-11(17)5-3-8-2-4-10(14)21-8/h2-7H,1H3,(H,15,17)(H,18,19). The Hall–Kier alpha value is -1.51. The summed E-state index contributed by atoms with van der Waals surface area (Å²) in [7, 11) is 0. The van der Waals surface area contributed by atoms with Crippen LogP contribution in [0.4, 0.5) is 0 Å². The summed E-state index contributed by atoms with van der Waals surface area (Å²) in [4.78, 5) is 27.5. The molecular formula is C13H11BrN2O3S2. The van der Waals surface area contributed by atoms with Gasteiger partial charge in [-0.2, -0.15) is 0 Å². The first-order chi connectivity index (χ1) is 9.95. The third kappa shape index (κ3) is 4.48. The van der Waals surface area contributed by atoms with E-state index < -0.39 is 5.97 Å². The molecular weight excluding hydrogens is 376 g/mol. The number of aromatic nitrogens is 1. The molecule has 110 valence electrons. The fraction of sp³-hybridized carbons (Fsp3) is 0.154. The van der Waals surface area contributed by atoms with Crippen molar-refractivity contribution in [1.82, 2.24) is 10.3 Å². The first-order valence-electron chi connectivity index (χ1n) is 5.88. The molecule has 8 heteroatoms. The van der Waals surface area contributed by atoms with E-state index in [9.17, 15) is 9.59 Å². The Kier molecular flexibility index (Phi) is 5.27. The smallest absolute Gasteiger partial charge is 0.355 e. The van der Waals surface area contributed by atoms with Gasteiger partial charge in [-0.15, -0.1) is 22.7 Å². The van der Waals surface area contributed by atoms with E-state index in [1.807, 2.05) is 12.1 Å². The normalized spacial score (nSPS) is 12.5. The van der Waals surface area contributed by atoms with E-state index in [-0.39, 0.29) is 17.6 Å². The summed E-state index contributed by atoms with van der Waals surface area (Å²) >= 11 is 6.09. The maximum Gasteiger partial charge on any atom is 0.355 e. The van der Waals surface area contributed by atoms with Crippen molar-refractivity contribution in [3.8, 4) is 0 Å². The summed E-state index contributed by atoms with van der Waals surface area (Å²) in [6.45, 7) is 1.76. The predicted molar refractivity (Wildman–Crippen MR) is 86.7 cm³/mol. The number of hydrogen-bond donors (Lipinski definition) is 2. The van der Waals surface area contributed by atoms with E-state index >= 15 is 0 Å². The number of rotatable bonds is 5. The molecule has 1 amide bonds. The third-order valence-corrected chi connectivity index (χ3v) is 5.08. The Morgan fingerprint density at radius 3 is 2.81 bits per heavy atom. The number of nitrogens with one attached hydrogen (secondary N) is 1. The van der Waals surface area contributed by atoms with Gasteiger partial charge in [0, 0.05) is 16.3 Å². The molecule has 0 aliphatic heterocycles. The zero-order valence-corrected chi connectivity index (χ0v) is 14.1. The number of aromatic carboxylic acids is 1. The van der Waals surface area contributed by atoms with Gasteiger partial charge in [0.25, 0.3) is 0 Å². The van der Waals surface area contributed by atoms with Gasteiger partial charge in [-0.05, 0) is 41.1 Å². The quantitative estimate of drug-likeness (QED) is 0.769. The summed E-state index contributed by atoms with van der Waals surface area (Å²) in [6, 6.07) is 3.48. The lowest BCUT2D eigenvalue weighted by Gasteiger charge is -2.08. The molecule has 0 radical (unpaired) electrons. The van der Waals surface area contributed by atoms with Crippen LogP contribution in [0.1, 0.15) is 33.3 Å². The van der Waals surface area contributed by atoms with Gasteiger partial charge < -0.3 is 10.4 Å². The number of hydrogen-bond acceptors (Lipinski definition) is 5. The fourth-order valence-electron chi connectivity index (χ4n) is 1.48. The second-order valence-electron chi connectivity index (χ2n) is 4.08. The van der Waals surface area contributed by atoms with Crippen molar-refractivity contribution in [3.05, 3.63) is 43.0 Å². The average molecular weight is 387 g/mol. The SMILES string of the molecule is CC(NC(=O)C=Cc1ccc(Br)s1)c1nc(C(=O)O)cs1. The van der Waals surface area contributed by atoms with Gasteiger partial charge in [-0.3, -0.25) is 4.79 Å². The van der Waals surface area contributed by atoms with Crippen LogP contribution in [0.25, 0.3) is 6.08 Å². The minimum absolute atomic E-state index is 0.00456. The molecule has 1 atom stereocenters. The highest BCUT2D eigenvalue weighted by atomic mass is 79.9. The first-order valence-corrected chi connectivity index (χ1v) is 8.37. The number of carbonyl (C=O) groups excluding carboxylic acids is 1. The van der Waals surface area contributed by atoms with Crippen molar-refractivity contribution in [3.63, 3.8) is 0 Å². The molecule has 2 N–H and O–H groups in total. The molecule has 0 fully saturated rings. The van der Waals surface area contributed by atoms with Gasteiger partial charge in [0.2, 0.25) is 5.91 Å². The van der Waals surface area contributed by atoms with E-state index in [0.717, 1.165) is 8.66 Å². The predicted octanol–water partition coefficient (Wildman–Crippen LogP) is 3.56. The molecule has 0 aromatic carbocycles. The summed E-state index contributed by atoms with van der Waals surface area (Å²) in [5.41, 5.74) is -0.00456. The van der Waals surface area contributed by atoms with Crippen LogP contribution in [0.2, 0.25) is 0 Å². The molecule has 2 heterocycles. The second kappa shape index (κ2) is 6.97. The molecule has 0 aliphatic rings. The van der Waals surface area contributed by atoms with Crippen molar-refractivity contribution in [1.29, 1.82) is 0 Å². The van der Waals surface area contributed by atoms with Crippen molar-refractivity contribution in [2.75, 3.05) is 0 Å². The maximum absolute atomic E-state index is 11.8. The minimum atomic E-state index is -1.07. The molecule has 2 aromatic heterocycles. The molecule has 2 rings (SSSR count). The Morgan fingerprint density at radius 2 is 2.24 bits per heavy atom. The summed E-state index contributed by atoms with van der Waals surface area (Å²) in [5.74, 6) is -1.32. The van der Waals surface area contributed by atoms with E-state index in [1.165, 1.54) is 34.1 Å². The topological polar surface area (TPSA) is 79.3 Å². The van der Waals surface area contributed by atoms with Gasteiger partial charge in [0.1, 0.15) is 5.01 Å². The van der Waals surface area contributed by atoms with Crippen LogP contribution in [0, 0.1) is 0 Å². The van der Waals surface area contributed by atoms with E-state index in [4.69, 9.17) is 5.11 Å². The molecule has 1 unspecified atom stereocenters. The number of halogens is 1. The number of carbonyl (C=O) groups is 2. The monoisotopic (exact) mass is 386 g/mol. The Balaban J connectivity index is 1.95. The van der Waals surface area contributed by atoms with E-state index in [1.54, 1.807) is 13.0 Å². The van der Waals surface area contributed by atoms with Gasteiger partial charge in [-0.1, -0.05) is 0 Å². The van der Waals surface area contributed by atoms with Crippen molar-refractivity contribution < 1.29 is 14.7 Å². The van der Waals surface area contributed by atoms with Crippen LogP contribution in [-0.2, 0) is 4.79 Å². The van der Waals surface area contributed by atoms with Crippen molar-refractivity contribution in [2.24, 2.45) is 0 Å². The van der Waals surface area contributed by atoms with E-state index in [0.29, 0.717) is 5.01 Å². The van der Waals surface area contributed by atoms with Crippen LogP contribution in [0.3, 0.4) is 0 Å². The Labute approximate surface area is 137 Å². The summed E-state index contributed by atoms with van der Waals surface area (Å²) in [6.07, 6.45) is 3.17. The maximum atomic E-state index is 11.8. The molecule has 21 heavy (non-hydrogen) atoms. The number of carboxylic acid groups (broad SMARTS) is 1. The zero-order chi connectivity index (χ0) is 15.4. The van der Waals surface area contributed by atoms with E-state index in [2.05, 4.69) is 26.2 Å².